The third-order valence-corrected chi connectivity index (χ3v) is 1.84. The third kappa shape index (κ3) is 7.55. The van der Waals surface area contributed by atoms with Crippen LogP contribution in [0.4, 0.5) is 0 Å². The lowest BCUT2D eigenvalue weighted by molar-refractivity contribution is 0.334. The number of nitrogens with zero attached hydrogens (tertiary/aromatic N) is 1. The molecule has 1 heteroatoms. The van der Waals surface area contributed by atoms with Gasteiger partial charge in [-0.2, -0.15) is 0 Å². The van der Waals surface area contributed by atoms with Gasteiger partial charge in [-0.3, -0.25) is 0 Å². The second kappa shape index (κ2) is 8.54. The SMILES string of the molecule is C=C/C=C\CCN(C)CCCC. The van der Waals surface area contributed by atoms with Gasteiger partial charge in [-0.15, -0.1) is 0 Å². The highest BCUT2D eigenvalue weighted by Crippen LogP contribution is 1.93. The molecule has 0 aromatic carbocycles. The van der Waals surface area contributed by atoms with Crippen molar-refractivity contribution in [2.75, 3.05) is 20.1 Å². The minimum Gasteiger partial charge on any atom is -0.306 e. The van der Waals surface area contributed by atoms with Gasteiger partial charge in [-0.1, -0.05) is 38.2 Å². The van der Waals surface area contributed by atoms with Crippen LogP contribution in [0.25, 0.3) is 0 Å². The molecule has 0 aliphatic carbocycles. The van der Waals surface area contributed by atoms with Crippen molar-refractivity contribution in [2.45, 2.75) is 26.2 Å². The van der Waals surface area contributed by atoms with Crippen LogP contribution in [-0.2, 0) is 0 Å². The average molecular weight is 167 g/mol. The first-order valence-electron chi connectivity index (χ1n) is 4.77. The van der Waals surface area contributed by atoms with E-state index in [2.05, 4.69) is 31.5 Å². The highest BCUT2D eigenvalue weighted by molar-refractivity contribution is 4.97. The van der Waals surface area contributed by atoms with E-state index in [9.17, 15) is 0 Å². The summed E-state index contributed by atoms with van der Waals surface area (Å²) in [5.41, 5.74) is 0. The van der Waals surface area contributed by atoms with Crippen molar-refractivity contribution in [2.24, 2.45) is 0 Å². The summed E-state index contributed by atoms with van der Waals surface area (Å²) in [4.78, 5) is 2.37. The zero-order valence-electron chi connectivity index (χ0n) is 8.42. The quantitative estimate of drug-likeness (QED) is 0.527. The van der Waals surface area contributed by atoms with Crippen LogP contribution in [0, 0.1) is 0 Å². The fourth-order valence-electron chi connectivity index (χ4n) is 1.03. The summed E-state index contributed by atoms with van der Waals surface area (Å²) >= 11 is 0. The number of rotatable bonds is 7. The summed E-state index contributed by atoms with van der Waals surface area (Å²) in [6.07, 6.45) is 9.72. The minimum atomic E-state index is 1.13. The Morgan fingerprint density at radius 3 is 2.67 bits per heavy atom. The van der Waals surface area contributed by atoms with Crippen LogP contribution in [0.1, 0.15) is 26.2 Å². The van der Waals surface area contributed by atoms with E-state index < -0.39 is 0 Å². The molecule has 0 atom stereocenters. The highest BCUT2D eigenvalue weighted by atomic mass is 15.1. The van der Waals surface area contributed by atoms with E-state index in [-0.39, 0.29) is 0 Å². The Bertz CT molecular complexity index is 127. The molecule has 0 aliphatic rings. The summed E-state index contributed by atoms with van der Waals surface area (Å²) < 4.78 is 0. The van der Waals surface area contributed by atoms with Crippen LogP contribution in [0.2, 0.25) is 0 Å². The standard InChI is InChI=1S/C11H21N/c1-4-6-8-9-11-12(3)10-7-5-2/h4,6,8H,1,5,7,9-11H2,2-3H3/b8-6-. The predicted octanol–water partition coefficient (Wildman–Crippen LogP) is 2.85. The third-order valence-electron chi connectivity index (χ3n) is 1.84. The molecule has 0 radical (unpaired) electrons. The fraction of sp³-hybridized carbons (Fsp3) is 0.636. The van der Waals surface area contributed by atoms with E-state index in [1.165, 1.54) is 19.4 Å². The predicted molar refractivity (Wildman–Crippen MR) is 56.4 cm³/mol. The highest BCUT2D eigenvalue weighted by Gasteiger charge is 1.93. The Kier molecular flexibility index (Phi) is 8.14. The van der Waals surface area contributed by atoms with Gasteiger partial charge in [-0.05, 0) is 26.4 Å². The summed E-state index contributed by atoms with van der Waals surface area (Å²) in [5.74, 6) is 0. The summed E-state index contributed by atoms with van der Waals surface area (Å²) in [7, 11) is 2.18. The van der Waals surface area contributed by atoms with Crippen molar-refractivity contribution < 1.29 is 0 Å². The molecule has 0 unspecified atom stereocenters. The summed E-state index contributed by atoms with van der Waals surface area (Å²) in [6.45, 7) is 8.23. The maximum atomic E-state index is 3.63. The molecule has 0 amide bonds. The Labute approximate surface area is 76.8 Å². The van der Waals surface area contributed by atoms with E-state index >= 15 is 0 Å². The van der Waals surface area contributed by atoms with Gasteiger partial charge in [0.2, 0.25) is 0 Å². The van der Waals surface area contributed by atoms with Gasteiger partial charge in [0, 0.05) is 6.54 Å². The molecule has 0 saturated heterocycles. The first kappa shape index (κ1) is 11.4. The molecule has 0 aromatic heterocycles. The molecule has 0 heterocycles. The molecular formula is C11H21N. The van der Waals surface area contributed by atoms with E-state index in [0.717, 1.165) is 13.0 Å². The van der Waals surface area contributed by atoms with Crippen molar-refractivity contribution in [3.63, 3.8) is 0 Å². The number of allylic oxidation sites excluding steroid dienone is 2. The maximum absolute atomic E-state index is 3.63. The van der Waals surface area contributed by atoms with Crippen molar-refractivity contribution in [3.05, 3.63) is 24.8 Å². The van der Waals surface area contributed by atoms with Gasteiger partial charge in [-0.25, -0.2) is 0 Å². The summed E-state index contributed by atoms with van der Waals surface area (Å²) in [5, 5.41) is 0. The monoisotopic (exact) mass is 167 g/mol. The molecule has 0 saturated carbocycles. The van der Waals surface area contributed by atoms with E-state index in [1.54, 1.807) is 0 Å². The normalized spacial score (nSPS) is 11.2. The molecule has 1 nitrogen and oxygen atoms in total. The van der Waals surface area contributed by atoms with Crippen LogP contribution in [0.3, 0.4) is 0 Å². The smallest absolute Gasteiger partial charge is 0.00130 e. The molecule has 0 fully saturated rings. The van der Waals surface area contributed by atoms with E-state index in [1.807, 2.05) is 12.2 Å². The fourth-order valence-corrected chi connectivity index (χ4v) is 1.03. The molecule has 70 valence electrons. The number of hydrogen-bond donors (Lipinski definition) is 0. The molecule has 0 spiro atoms. The zero-order chi connectivity index (χ0) is 9.23. The van der Waals surface area contributed by atoms with Crippen LogP contribution in [0.15, 0.2) is 24.8 Å². The van der Waals surface area contributed by atoms with E-state index in [0.29, 0.717) is 0 Å². The van der Waals surface area contributed by atoms with Crippen LogP contribution in [0.5, 0.6) is 0 Å². The lowest BCUT2D eigenvalue weighted by Crippen LogP contribution is -2.20. The van der Waals surface area contributed by atoms with Gasteiger partial charge >= 0.3 is 0 Å². The largest absolute Gasteiger partial charge is 0.306 e. The molecule has 0 bridgehead atoms. The van der Waals surface area contributed by atoms with Crippen molar-refractivity contribution >= 4 is 0 Å². The van der Waals surface area contributed by atoms with Crippen LogP contribution >= 0.6 is 0 Å². The lowest BCUT2D eigenvalue weighted by atomic mass is 10.3. The molecule has 0 aliphatic heterocycles. The van der Waals surface area contributed by atoms with E-state index in [4.69, 9.17) is 0 Å². The second-order valence-corrected chi connectivity index (χ2v) is 3.11. The van der Waals surface area contributed by atoms with Gasteiger partial charge in [0.25, 0.3) is 0 Å². The Balaban J connectivity index is 3.24. The Hall–Kier alpha value is -0.560. The first-order valence-corrected chi connectivity index (χ1v) is 4.77. The minimum absolute atomic E-state index is 1.13. The summed E-state index contributed by atoms with van der Waals surface area (Å²) in [6, 6.07) is 0. The van der Waals surface area contributed by atoms with Crippen molar-refractivity contribution in [1.29, 1.82) is 0 Å². The Morgan fingerprint density at radius 2 is 2.08 bits per heavy atom. The zero-order valence-corrected chi connectivity index (χ0v) is 8.42. The molecule has 0 rings (SSSR count). The van der Waals surface area contributed by atoms with Gasteiger partial charge in [0.15, 0.2) is 0 Å². The molecule has 0 aromatic rings. The van der Waals surface area contributed by atoms with Gasteiger partial charge < -0.3 is 4.90 Å². The molecule has 0 N–H and O–H groups in total. The molecule has 12 heavy (non-hydrogen) atoms. The lowest BCUT2D eigenvalue weighted by Gasteiger charge is -2.14. The van der Waals surface area contributed by atoms with Crippen molar-refractivity contribution in [1.82, 2.24) is 4.90 Å². The van der Waals surface area contributed by atoms with Gasteiger partial charge in [0.05, 0.1) is 0 Å². The second-order valence-electron chi connectivity index (χ2n) is 3.11. The van der Waals surface area contributed by atoms with Gasteiger partial charge in [0.1, 0.15) is 0 Å². The topological polar surface area (TPSA) is 3.24 Å². The first-order chi connectivity index (χ1) is 5.81. The maximum Gasteiger partial charge on any atom is 0.00130 e. The molecular weight excluding hydrogens is 146 g/mol. The number of unbranched alkanes of at least 4 members (excludes halogenated alkanes) is 1. The van der Waals surface area contributed by atoms with Crippen LogP contribution in [-0.4, -0.2) is 25.0 Å². The Morgan fingerprint density at radius 1 is 1.33 bits per heavy atom. The van der Waals surface area contributed by atoms with Crippen LogP contribution < -0.4 is 0 Å². The average Bonchev–Trinajstić information content (AvgIpc) is 2.09. The van der Waals surface area contributed by atoms with Crippen molar-refractivity contribution in [3.8, 4) is 0 Å². The number of hydrogen-bond acceptors (Lipinski definition) is 1.